The Labute approximate surface area is 114 Å². The normalized spacial score (nSPS) is 23.6. The van der Waals surface area contributed by atoms with E-state index in [1.54, 1.807) is 0 Å². The zero-order chi connectivity index (χ0) is 14.0. The molecule has 0 heterocycles. The minimum atomic E-state index is -0.470. The van der Waals surface area contributed by atoms with Gasteiger partial charge in [-0.05, 0) is 24.3 Å². The van der Waals surface area contributed by atoms with Gasteiger partial charge >= 0.3 is 5.97 Å². The first kappa shape index (κ1) is 13.8. The largest absolute Gasteiger partial charge is 0.469 e. The smallest absolute Gasteiger partial charge is 0.305 e. The van der Waals surface area contributed by atoms with E-state index in [-0.39, 0.29) is 17.7 Å². The average Bonchev–Trinajstić information content (AvgIpc) is 2.43. The molecule has 0 fully saturated rings. The van der Waals surface area contributed by atoms with Crippen LogP contribution in [0, 0.1) is 11.3 Å². The van der Waals surface area contributed by atoms with E-state index >= 15 is 0 Å². The van der Waals surface area contributed by atoms with Crippen molar-refractivity contribution in [2.75, 3.05) is 7.11 Å². The third kappa shape index (κ3) is 2.42. The second kappa shape index (κ2) is 5.16. The summed E-state index contributed by atoms with van der Waals surface area (Å²) in [4.78, 5) is 24.1. The molecular weight excluding hydrogens is 240 g/mol. The second-order valence-corrected chi connectivity index (χ2v) is 5.59. The molecule has 19 heavy (non-hydrogen) atoms. The van der Waals surface area contributed by atoms with Crippen LogP contribution in [0.2, 0.25) is 0 Å². The van der Waals surface area contributed by atoms with E-state index in [2.05, 4.69) is 0 Å². The van der Waals surface area contributed by atoms with E-state index in [0.29, 0.717) is 6.42 Å². The minimum Gasteiger partial charge on any atom is -0.469 e. The first-order chi connectivity index (χ1) is 8.99. The van der Waals surface area contributed by atoms with Crippen molar-refractivity contribution in [3.8, 4) is 0 Å². The molecule has 1 aliphatic carbocycles. The predicted molar refractivity (Wildman–Crippen MR) is 73.0 cm³/mol. The molecule has 0 saturated carbocycles. The number of fused-ring (bicyclic) bond motifs is 1. The maximum absolute atomic E-state index is 12.7. The molecule has 2 atom stereocenters. The maximum Gasteiger partial charge on any atom is 0.305 e. The van der Waals surface area contributed by atoms with Gasteiger partial charge in [0.05, 0.1) is 7.11 Å². The summed E-state index contributed by atoms with van der Waals surface area (Å²) in [6.07, 6.45) is 1.98. The summed E-state index contributed by atoms with van der Waals surface area (Å²) in [5, 5.41) is 0. The van der Waals surface area contributed by atoms with Gasteiger partial charge in [0.2, 0.25) is 0 Å². The van der Waals surface area contributed by atoms with Crippen LogP contribution >= 0.6 is 0 Å². The van der Waals surface area contributed by atoms with E-state index in [9.17, 15) is 9.59 Å². The molecule has 1 aromatic carbocycles. The highest BCUT2D eigenvalue weighted by Crippen LogP contribution is 2.42. The number of carbonyl (C=O) groups is 2. The lowest BCUT2D eigenvalue weighted by Crippen LogP contribution is -2.39. The standard InChI is InChI=1S/C16H20O3/c1-11(10-14(17)19-3)16(2)9-8-12-6-4-5-7-13(12)15(16)18/h4-7,11H,8-10H2,1-3H3. The molecule has 0 saturated heterocycles. The summed E-state index contributed by atoms with van der Waals surface area (Å²) < 4.78 is 4.71. The SMILES string of the molecule is COC(=O)CC(C)C1(C)CCc2ccccc2C1=O. The van der Waals surface area contributed by atoms with Crippen molar-refractivity contribution in [1.29, 1.82) is 0 Å². The third-order valence-electron chi connectivity index (χ3n) is 4.48. The van der Waals surface area contributed by atoms with Crippen molar-refractivity contribution in [2.24, 2.45) is 11.3 Å². The monoisotopic (exact) mass is 260 g/mol. The highest BCUT2D eigenvalue weighted by atomic mass is 16.5. The Balaban J connectivity index is 2.26. The number of rotatable bonds is 3. The van der Waals surface area contributed by atoms with E-state index in [0.717, 1.165) is 24.0 Å². The molecular formula is C16H20O3. The summed E-state index contributed by atoms with van der Waals surface area (Å²) in [6.45, 7) is 3.93. The summed E-state index contributed by atoms with van der Waals surface area (Å²) in [5.74, 6) is -0.105. The van der Waals surface area contributed by atoms with Gasteiger partial charge in [0.1, 0.15) is 0 Å². The minimum absolute atomic E-state index is 0.0131. The lowest BCUT2D eigenvalue weighted by Gasteiger charge is -2.37. The number of ketones is 1. The molecule has 0 amide bonds. The number of aryl methyl sites for hydroxylation is 1. The van der Waals surface area contributed by atoms with Crippen molar-refractivity contribution < 1.29 is 14.3 Å². The first-order valence-electron chi connectivity index (χ1n) is 6.68. The zero-order valence-corrected chi connectivity index (χ0v) is 11.7. The quantitative estimate of drug-likeness (QED) is 0.785. The first-order valence-corrected chi connectivity index (χ1v) is 6.68. The van der Waals surface area contributed by atoms with Gasteiger partial charge in [0.15, 0.2) is 5.78 Å². The second-order valence-electron chi connectivity index (χ2n) is 5.59. The van der Waals surface area contributed by atoms with E-state index in [1.165, 1.54) is 7.11 Å². The van der Waals surface area contributed by atoms with Gasteiger partial charge < -0.3 is 4.74 Å². The van der Waals surface area contributed by atoms with Gasteiger partial charge in [0, 0.05) is 17.4 Å². The third-order valence-corrected chi connectivity index (χ3v) is 4.48. The van der Waals surface area contributed by atoms with Crippen LogP contribution in [0.3, 0.4) is 0 Å². The van der Waals surface area contributed by atoms with Crippen molar-refractivity contribution in [3.05, 3.63) is 35.4 Å². The van der Waals surface area contributed by atoms with E-state index in [4.69, 9.17) is 4.74 Å². The predicted octanol–water partition coefficient (Wildman–Crippen LogP) is 3.02. The summed E-state index contributed by atoms with van der Waals surface area (Å²) >= 11 is 0. The number of hydrogen-bond donors (Lipinski definition) is 0. The van der Waals surface area contributed by atoms with Crippen LogP contribution in [-0.4, -0.2) is 18.9 Å². The summed E-state index contributed by atoms with van der Waals surface area (Å²) in [6, 6.07) is 7.76. The molecule has 3 heteroatoms. The molecule has 0 bridgehead atoms. The number of hydrogen-bond acceptors (Lipinski definition) is 3. The Morgan fingerprint density at radius 1 is 1.42 bits per heavy atom. The number of Topliss-reactive ketones (excluding diaryl/α,β-unsaturated/α-hetero) is 1. The Morgan fingerprint density at radius 2 is 2.11 bits per heavy atom. The van der Waals surface area contributed by atoms with Crippen molar-refractivity contribution in [2.45, 2.75) is 33.1 Å². The molecule has 2 rings (SSSR count). The number of carbonyl (C=O) groups excluding carboxylic acids is 2. The lowest BCUT2D eigenvalue weighted by molar-refractivity contribution is -0.142. The molecule has 2 unspecified atom stereocenters. The topological polar surface area (TPSA) is 43.4 Å². The van der Waals surface area contributed by atoms with Crippen LogP contribution < -0.4 is 0 Å². The Morgan fingerprint density at radius 3 is 2.79 bits per heavy atom. The fourth-order valence-corrected chi connectivity index (χ4v) is 2.80. The molecule has 0 aliphatic heterocycles. The Kier molecular flexibility index (Phi) is 3.74. The average molecular weight is 260 g/mol. The molecule has 0 spiro atoms. The Bertz CT molecular complexity index is 506. The van der Waals surface area contributed by atoms with Crippen LogP contribution in [0.15, 0.2) is 24.3 Å². The van der Waals surface area contributed by atoms with Crippen LogP contribution in [0.1, 0.15) is 42.6 Å². The fourth-order valence-electron chi connectivity index (χ4n) is 2.80. The molecule has 0 aromatic heterocycles. The van der Waals surface area contributed by atoms with Crippen molar-refractivity contribution in [1.82, 2.24) is 0 Å². The molecule has 102 valence electrons. The van der Waals surface area contributed by atoms with Gasteiger partial charge in [-0.15, -0.1) is 0 Å². The fraction of sp³-hybridized carbons (Fsp3) is 0.500. The van der Waals surface area contributed by atoms with Crippen molar-refractivity contribution >= 4 is 11.8 Å². The van der Waals surface area contributed by atoms with Crippen LogP contribution in [0.5, 0.6) is 0 Å². The summed E-state index contributed by atoms with van der Waals surface area (Å²) in [5.41, 5.74) is 1.46. The van der Waals surface area contributed by atoms with E-state index in [1.807, 2.05) is 38.1 Å². The highest BCUT2D eigenvalue weighted by molar-refractivity contribution is 6.02. The summed E-state index contributed by atoms with van der Waals surface area (Å²) in [7, 11) is 1.38. The van der Waals surface area contributed by atoms with Crippen LogP contribution in [-0.2, 0) is 16.0 Å². The zero-order valence-electron chi connectivity index (χ0n) is 11.7. The molecule has 1 aromatic rings. The van der Waals surface area contributed by atoms with Crippen LogP contribution in [0.4, 0.5) is 0 Å². The van der Waals surface area contributed by atoms with Crippen molar-refractivity contribution in [3.63, 3.8) is 0 Å². The highest BCUT2D eigenvalue weighted by Gasteiger charge is 2.43. The molecule has 0 radical (unpaired) electrons. The van der Waals surface area contributed by atoms with E-state index < -0.39 is 5.41 Å². The number of esters is 1. The van der Waals surface area contributed by atoms with Gasteiger partial charge in [-0.1, -0.05) is 38.1 Å². The molecule has 3 nitrogen and oxygen atoms in total. The van der Waals surface area contributed by atoms with Gasteiger partial charge in [0.25, 0.3) is 0 Å². The number of benzene rings is 1. The van der Waals surface area contributed by atoms with Gasteiger partial charge in [-0.25, -0.2) is 0 Å². The lowest BCUT2D eigenvalue weighted by atomic mass is 9.64. The van der Waals surface area contributed by atoms with Crippen LogP contribution in [0.25, 0.3) is 0 Å². The van der Waals surface area contributed by atoms with Gasteiger partial charge in [-0.3, -0.25) is 9.59 Å². The maximum atomic E-state index is 12.7. The molecule has 1 aliphatic rings. The number of methoxy groups -OCH3 is 1. The molecule has 0 N–H and O–H groups in total. The number of ether oxygens (including phenoxy) is 1. The van der Waals surface area contributed by atoms with Gasteiger partial charge in [-0.2, -0.15) is 0 Å². The Hall–Kier alpha value is -1.64.